The molecule has 104 valence electrons. The molecule has 0 amide bonds. The quantitative estimate of drug-likeness (QED) is 0.688. The number of aromatic nitrogens is 2. The molecule has 0 unspecified atom stereocenters. The fourth-order valence-electron chi connectivity index (χ4n) is 1.68. The first-order valence-corrected chi connectivity index (χ1v) is 6.97. The van der Waals surface area contributed by atoms with Crippen LogP contribution in [0.3, 0.4) is 0 Å². The third kappa shape index (κ3) is 6.05. The van der Waals surface area contributed by atoms with Gasteiger partial charge in [0.1, 0.15) is 6.61 Å². The van der Waals surface area contributed by atoms with Gasteiger partial charge in [0, 0.05) is 12.6 Å². The maximum absolute atomic E-state index is 5.62. The molecule has 0 atom stereocenters. The second-order valence-electron chi connectivity index (χ2n) is 5.38. The SMILES string of the molecule is CC(C)CCCNCCOc1cnn(C(C)C)c1. The molecule has 0 saturated heterocycles. The highest BCUT2D eigenvalue weighted by Crippen LogP contribution is 2.11. The monoisotopic (exact) mass is 253 g/mol. The second-order valence-corrected chi connectivity index (χ2v) is 5.38. The third-order valence-corrected chi connectivity index (χ3v) is 2.79. The van der Waals surface area contributed by atoms with Gasteiger partial charge in [-0.3, -0.25) is 4.68 Å². The predicted molar refractivity (Wildman–Crippen MR) is 75.0 cm³/mol. The summed E-state index contributed by atoms with van der Waals surface area (Å²) in [6.45, 7) is 11.4. The average Bonchev–Trinajstić information content (AvgIpc) is 2.76. The van der Waals surface area contributed by atoms with Crippen LogP contribution in [0.25, 0.3) is 0 Å². The topological polar surface area (TPSA) is 39.1 Å². The Hall–Kier alpha value is -1.03. The van der Waals surface area contributed by atoms with Crippen LogP contribution in [0.1, 0.15) is 46.6 Å². The first-order valence-electron chi connectivity index (χ1n) is 6.97. The second kappa shape index (κ2) is 8.14. The summed E-state index contributed by atoms with van der Waals surface area (Å²) in [5.74, 6) is 1.65. The van der Waals surface area contributed by atoms with Crippen molar-refractivity contribution in [3.8, 4) is 5.75 Å². The summed E-state index contributed by atoms with van der Waals surface area (Å²) in [7, 11) is 0. The zero-order chi connectivity index (χ0) is 13.4. The molecule has 0 aliphatic rings. The van der Waals surface area contributed by atoms with E-state index in [0.29, 0.717) is 12.6 Å². The predicted octanol–water partition coefficient (Wildman–Crippen LogP) is 2.87. The first-order chi connectivity index (χ1) is 8.59. The summed E-state index contributed by atoms with van der Waals surface area (Å²) >= 11 is 0. The minimum atomic E-state index is 0.386. The van der Waals surface area contributed by atoms with E-state index in [2.05, 4.69) is 38.1 Å². The summed E-state index contributed by atoms with van der Waals surface area (Å²) in [5.41, 5.74) is 0. The molecule has 1 rings (SSSR count). The van der Waals surface area contributed by atoms with Crippen molar-refractivity contribution in [2.75, 3.05) is 19.7 Å². The van der Waals surface area contributed by atoms with Gasteiger partial charge in [-0.15, -0.1) is 0 Å². The highest BCUT2D eigenvalue weighted by atomic mass is 16.5. The molecule has 1 aromatic rings. The zero-order valence-electron chi connectivity index (χ0n) is 12.1. The molecular formula is C14H27N3O. The Morgan fingerprint density at radius 3 is 2.67 bits per heavy atom. The largest absolute Gasteiger partial charge is 0.489 e. The van der Waals surface area contributed by atoms with E-state index in [1.165, 1.54) is 12.8 Å². The maximum Gasteiger partial charge on any atom is 0.157 e. The van der Waals surface area contributed by atoms with Gasteiger partial charge in [-0.05, 0) is 39.2 Å². The molecule has 0 fully saturated rings. The molecule has 0 aliphatic heterocycles. The van der Waals surface area contributed by atoms with Crippen LogP contribution in [-0.4, -0.2) is 29.5 Å². The minimum absolute atomic E-state index is 0.386. The van der Waals surface area contributed by atoms with Crippen LogP contribution in [0.4, 0.5) is 0 Å². The van der Waals surface area contributed by atoms with E-state index in [1.54, 1.807) is 6.20 Å². The molecule has 0 radical (unpaired) electrons. The molecule has 18 heavy (non-hydrogen) atoms. The van der Waals surface area contributed by atoms with Crippen LogP contribution in [0.2, 0.25) is 0 Å². The number of rotatable bonds is 9. The van der Waals surface area contributed by atoms with E-state index in [0.717, 1.165) is 24.8 Å². The number of hydrogen-bond acceptors (Lipinski definition) is 3. The molecule has 1 heterocycles. The zero-order valence-corrected chi connectivity index (χ0v) is 12.1. The smallest absolute Gasteiger partial charge is 0.157 e. The third-order valence-electron chi connectivity index (χ3n) is 2.79. The number of nitrogens with zero attached hydrogens (tertiary/aromatic N) is 2. The van der Waals surface area contributed by atoms with Gasteiger partial charge in [-0.2, -0.15) is 5.10 Å². The van der Waals surface area contributed by atoms with Gasteiger partial charge in [0.15, 0.2) is 5.75 Å². The van der Waals surface area contributed by atoms with Crippen molar-refractivity contribution in [2.45, 2.75) is 46.6 Å². The van der Waals surface area contributed by atoms with E-state index in [1.807, 2.05) is 10.9 Å². The van der Waals surface area contributed by atoms with Crippen molar-refractivity contribution < 1.29 is 4.74 Å². The molecule has 4 nitrogen and oxygen atoms in total. The molecule has 0 bridgehead atoms. The van der Waals surface area contributed by atoms with E-state index in [9.17, 15) is 0 Å². The van der Waals surface area contributed by atoms with Gasteiger partial charge >= 0.3 is 0 Å². The lowest BCUT2D eigenvalue weighted by atomic mass is 10.1. The highest BCUT2D eigenvalue weighted by molar-refractivity contribution is 5.11. The van der Waals surface area contributed by atoms with Crippen LogP contribution in [0.5, 0.6) is 5.75 Å². The van der Waals surface area contributed by atoms with E-state index < -0.39 is 0 Å². The average molecular weight is 253 g/mol. The van der Waals surface area contributed by atoms with Gasteiger partial charge in [-0.25, -0.2) is 0 Å². The molecule has 4 heteroatoms. The van der Waals surface area contributed by atoms with Crippen LogP contribution in [-0.2, 0) is 0 Å². The van der Waals surface area contributed by atoms with E-state index in [-0.39, 0.29) is 0 Å². The van der Waals surface area contributed by atoms with Crippen molar-refractivity contribution in [3.05, 3.63) is 12.4 Å². The van der Waals surface area contributed by atoms with Gasteiger partial charge in [-0.1, -0.05) is 13.8 Å². The van der Waals surface area contributed by atoms with Crippen LogP contribution in [0.15, 0.2) is 12.4 Å². The van der Waals surface area contributed by atoms with Crippen molar-refractivity contribution in [3.63, 3.8) is 0 Å². The number of ether oxygens (including phenoxy) is 1. The van der Waals surface area contributed by atoms with Gasteiger partial charge < -0.3 is 10.1 Å². The number of hydrogen-bond donors (Lipinski definition) is 1. The Morgan fingerprint density at radius 1 is 1.28 bits per heavy atom. The summed E-state index contributed by atoms with van der Waals surface area (Å²) in [6, 6.07) is 0.386. The van der Waals surface area contributed by atoms with Gasteiger partial charge in [0.05, 0.1) is 12.4 Å². The van der Waals surface area contributed by atoms with Crippen molar-refractivity contribution in [1.29, 1.82) is 0 Å². The molecule has 0 aromatic carbocycles. The van der Waals surface area contributed by atoms with Crippen LogP contribution < -0.4 is 10.1 Å². The lowest BCUT2D eigenvalue weighted by Gasteiger charge is -2.07. The van der Waals surface area contributed by atoms with Gasteiger partial charge in [0.2, 0.25) is 0 Å². The molecule has 1 N–H and O–H groups in total. The maximum atomic E-state index is 5.62. The normalized spacial score (nSPS) is 11.4. The Morgan fingerprint density at radius 2 is 2.06 bits per heavy atom. The van der Waals surface area contributed by atoms with E-state index in [4.69, 9.17) is 4.74 Å². The fraction of sp³-hybridized carbons (Fsp3) is 0.786. The summed E-state index contributed by atoms with van der Waals surface area (Å²) < 4.78 is 7.53. The van der Waals surface area contributed by atoms with Gasteiger partial charge in [0.25, 0.3) is 0 Å². The Labute approximate surface area is 111 Å². The Bertz CT molecular complexity index is 321. The summed E-state index contributed by atoms with van der Waals surface area (Å²) in [4.78, 5) is 0. The van der Waals surface area contributed by atoms with Crippen molar-refractivity contribution >= 4 is 0 Å². The fourth-order valence-corrected chi connectivity index (χ4v) is 1.68. The molecule has 1 aromatic heterocycles. The lowest BCUT2D eigenvalue weighted by molar-refractivity contribution is 0.312. The Balaban J connectivity index is 2.03. The summed E-state index contributed by atoms with van der Waals surface area (Å²) in [5, 5.41) is 7.62. The van der Waals surface area contributed by atoms with Crippen molar-refractivity contribution in [1.82, 2.24) is 15.1 Å². The van der Waals surface area contributed by atoms with Crippen LogP contribution >= 0.6 is 0 Å². The molecule has 0 aliphatic carbocycles. The highest BCUT2D eigenvalue weighted by Gasteiger charge is 2.01. The molecule has 0 spiro atoms. The molecular weight excluding hydrogens is 226 g/mol. The standard InChI is InChI=1S/C14H27N3O/c1-12(2)6-5-7-15-8-9-18-14-10-16-17(11-14)13(3)4/h10-13,15H,5-9H2,1-4H3. The van der Waals surface area contributed by atoms with Crippen molar-refractivity contribution in [2.24, 2.45) is 5.92 Å². The molecule has 0 saturated carbocycles. The summed E-state index contributed by atoms with van der Waals surface area (Å²) in [6.07, 6.45) is 6.25. The minimum Gasteiger partial charge on any atom is -0.489 e. The van der Waals surface area contributed by atoms with Crippen LogP contribution in [0, 0.1) is 5.92 Å². The Kier molecular flexibility index (Phi) is 6.80. The lowest BCUT2D eigenvalue weighted by Crippen LogP contribution is -2.22. The number of nitrogens with one attached hydrogen (secondary N) is 1. The first kappa shape index (κ1) is 15.0. The van der Waals surface area contributed by atoms with E-state index >= 15 is 0 Å².